The number of amides is 1. The van der Waals surface area contributed by atoms with E-state index in [9.17, 15) is 4.79 Å². The van der Waals surface area contributed by atoms with E-state index in [2.05, 4.69) is 15.0 Å². The quantitative estimate of drug-likeness (QED) is 0.754. The number of carbonyl (C=O) groups excluding carboxylic acids is 1. The van der Waals surface area contributed by atoms with Crippen molar-refractivity contribution in [2.45, 2.75) is 26.3 Å². The number of rotatable bonds is 4. The van der Waals surface area contributed by atoms with Gasteiger partial charge in [-0.25, -0.2) is 0 Å². The highest BCUT2D eigenvalue weighted by Crippen LogP contribution is 2.06. The monoisotopic (exact) mass is 197 g/mol. The Morgan fingerprint density at radius 1 is 1.71 bits per heavy atom. The van der Waals surface area contributed by atoms with Crippen molar-refractivity contribution in [2.24, 2.45) is 11.7 Å². The summed E-state index contributed by atoms with van der Waals surface area (Å²) in [4.78, 5) is 11.4. The van der Waals surface area contributed by atoms with Crippen LogP contribution in [0.1, 0.15) is 20.3 Å². The molecule has 1 aromatic heterocycles. The van der Waals surface area contributed by atoms with E-state index in [1.165, 1.54) is 6.26 Å². The lowest BCUT2D eigenvalue weighted by Crippen LogP contribution is -2.36. The maximum Gasteiger partial charge on any atom is 0.242 e. The number of hydrogen-bond acceptors (Lipinski definition) is 4. The Hall–Kier alpha value is -1.36. The fourth-order valence-electron chi connectivity index (χ4n) is 1.11. The summed E-state index contributed by atoms with van der Waals surface area (Å²) in [6.07, 6.45) is 2.05. The summed E-state index contributed by atoms with van der Waals surface area (Å²) >= 11 is 0. The van der Waals surface area contributed by atoms with Crippen molar-refractivity contribution in [1.82, 2.24) is 5.16 Å². The third-order valence-electron chi connectivity index (χ3n) is 1.75. The Labute approximate surface area is 82.6 Å². The molecule has 3 N–H and O–H groups in total. The molecule has 0 aliphatic carbocycles. The minimum Gasteiger partial charge on any atom is -0.363 e. The number of anilines is 1. The molecule has 78 valence electrons. The molecule has 14 heavy (non-hydrogen) atoms. The Kier molecular flexibility index (Phi) is 3.64. The highest BCUT2D eigenvalue weighted by atomic mass is 16.5. The van der Waals surface area contributed by atoms with Gasteiger partial charge in [0.15, 0.2) is 5.82 Å². The number of aromatic nitrogens is 1. The summed E-state index contributed by atoms with van der Waals surface area (Å²) in [5.74, 6) is 0.565. The van der Waals surface area contributed by atoms with Crippen molar-refractivity contribution in [3.8, 4) is 0 Å². The zero-order valence-corrected chi connectivity index (χ0v) is 8.36. The van der Waals surface area contributed by atoms with Gasteiger partial charge in [0.25, 0.3) is 0 Å². The van der Waals surface area contributed by atoms with Crippen LogP contribution < -0.4 is 11.1 Å². The predicted molar refractivity (Wildman–Crippen MR) is 52.6 cm³/mol. The normalized spacial score (nSPS) is 12.9. The lowest BCUT2D eigenvalue weighted by molar-refractivity contribution is -0.117. The first-order valence-corrected chi connectivity index (χ1v) is 4.56. The van der Waals surface area contributed by atoms with Gasteiger partial charge in [-0.1, -0.05) is 19.0 Å². The van der Waals surface area contributed by atoms with Gasteiger partial charge >= 0.3 is 0 Å². The van der Waals surface area contributed by atoms with Gasteiger partial charge in [0.05, 0.1) is 6.04 Å². The first-order chi connectivity index (χ1) is 6.59. The zero-order chi connectivity index (χ0) is 10.6. The summed E-state index contributed by atoms with van der Waals surface area (Å²) in [7, 11) is 0. The molecule has 1 aromatic rings. The van der Waals surface area contributed by atoms with Gasteiger partial charge in [0.2, 0.25) is 5.91 Å². The molecule has 1 rings (SSSR count). The molecule has 0 saturated carbocycles. The largest absolute Gasteiger partial charge is 0.363 e. The second kappa shape index (κ2) is 4.76. The summed E-state index contributed by atoms with van der Waals surface area (Å²) in [6.45, 7) is 4.03. The van der Waals surface area contributed by atoms with Gasteiger partial charge in [-0.05, 0) is 12.3 Å². The van der Waals surface area contributed by atoms with Crippen LogP contribution in [-0.4, -0.2) is 17.1 Å². The molecule has 5 heteroatoms. The van der Waals surface area contributed by atoms with Crippen LogP contribution in [0.3, 0.4) is 0 Å². The van der Waals surface area contributed by atoms with Crippen LogP contribution >= 0.6 is 0 Å². The zero-order valence-electron chi connectivity index (χ0n) is 8.36. The van der Waals surface area contributed by atoms with Crippen molar-refractivity contribution in [3.63, 3.8) is 0 Å². The van der Waals surface area contributed by atoms with Crippen molar-refractivity contribution in [3.05, 3.63) is 12.3 Å². The molecule has 0 radical (unpaired) electrons. The van der Waals surface area contributed by atoms with E-state index in [0.29, 0.717) is 18.2 Å². The molecule has 0 bridgehead atoms. The molecule has 1 atom stereocenters. The molecule has 1 heterocycles. The van der Waals surface area contributed by atoms with Crippen molar-refractivity contribution in [1.29, 1.82) is 0 Å². The molecule has 0 unspecified atom stereocenters. The van der Waals surface area contributed by atoms with Crippen LogP contribution in [0.25, 0.3) is 0 Å². The van der Waals surface area contributed by atoms with Crippen LogP contribution in [0, 0.1) is 5.92 Å². The maximum atomic E-state index is 11.4. The summed E-state index contributed by atoms with van der Waals surface area (Å²) in [6, 6.07) is 1.08. The van der Waals surface area contributed by atoms with Crippen LogP contribution in [0.4, 0.5) is 5.82 Å². The lowest BCUT2D eigenvalue weighted by atomic mass is 10.0. The lowest BCUT2D eigenvalue weighted by Gasteiger charge is -2.12. The second-order valence-electron chi connectivity index (χ2n) is 3.61. The Balaban J connectivity index is 2.42. The van der Waals surface area contributed by atoms with E-state index in [1.54, 1.807) is 6.07 Å². The summed E-state index contributed by atoms with van der Waals surface area (Å²) in [5.41, 5.74) is 5.66. The van der Waals surface area contributed by atoms with Gasteiger partial charge in [0, 0.05) is 6.07 Å². The third kappa shape index (κ3) is 3.18. The fraction of sp³-hybridized carbons (Fsp3) is 0.556. The number of nitrogens with two attached hydrogens (primary N) is 1. The smallest absolute Gasteiger partial charge is 0.242 e. The highest BCUT2D eigenvalue weighted by Gasteiger charge is 2.15. The highest BCUT2D eigenvalue weighted by molar-refractivity contribution is 5.93. The topological polar surface area (TPSA) is 81.2 Å². The molecule has 0 fully saturated rings. The predicted octanol–water partition coefficient (Wildman–Crippen LogP) is 0.987. The Bertz CT molecular complexity index is 282. The van der Waals surface area contributed by atoms with E-state index < -0.39 is 6.04 Å². The van der Waals surface area contributed by atoms with Crippen molar-refractivity contribution >= 4 is 11.7 Å². The number of nitrogens with one attached hydrogen (secondary N) is 1. The van der Waals surface area contributed by atoms with Crippen LogP contribution in [0.2, 0.25) is 0 Å². The number of nitrogens with zero attached hydrogens (tertiary/aromatic N) is 1. The third-order valence-corrected chi connectivity index (χ3v) is 1.75. The van der Waals surface area contributed by atoms with Gasteiger partial charge in [0.1, 0.15) is 6.26 Å². The molecule has 1 amide bonds. The van der Waals surface area contributed by atoms with E-state index in [1.807, 2.05) is 13.8 Å². The number of hydrogen-bond donors (Lipinski definition) is 2. The maximum absolute atomic E-state index is 11.4. The molecular weight excluding hydrogens is 182 g/mol. The second-order valence-corrected chi connectivity index (χ2v) is 3.61. The Morgan fingerprint density at radius 3 is 2.93 bits per heavy atom. The summed E-state index contributed by atoms with van der Waals surface area (Å²) in [5, 5.41) is 6.11. The SMILES string of the molecule is CC(C)C[C@H](N)C(=O)Nc1ccon1. The van der Waals surface area contributed by atoms with E-state index >= 15 is 0 Å². The molecule has 0 saturated heterocycles. The van der Waals surface area contributed by atoms with Crippen LogP contribution in [-0.2, 0) is 4.79 Å². The van der Waals surface area contributed by atoms with Crippen molar-refractivity contribution < 1.29 is 9.32 Å². The molecule has 0 aromatic carbocycles. The van der Waals surface area contributed by atoms with Crippen LogP contribution in [0.15, 0.2) is 16.9 Å². The summed E-state index contributed by atoms with van der Waals surface area (Å²) < 4.78 is 4.57. The fourth-order valence-corrected chi connectivity index (χ4v) is 1.11. The minimum absolute atomic E-state index is 0.229. The average Bonchev–Trinajstić information content (AvgIpc) is 2.55. The van der Waals surface area contributed by atoms with Crippen molar-refractivity contribution in [2.75, 3.05) is 5.32 Å². The first kappa shape index (κ1) is 10.7. The van der Waals surface area contributed by atoms with Gasteiger partial charge in [-0.15, -0.1) is 0 Å². The van der Waals surface area contributed by atoms with E-state index in [4.69, 9.17) is 5.73 Å². The standard InChI is InChI=1S/C9H15N3O2/c1-6(2)5-7(10)9(13)11-8-3-4-14-12-8/h3-4,6-7H,5,10H2,1-2H3,(H,11,12,13)/t7-/m0/s1. The van der Waals surface area contributed by atoms with Crippen LogP contribution in [0.5, 0.6) is 0 Å². The molecular formula is C9H15N3O2. The molecule has 0 spiro atoms. The Morgan fingerprint density at radius 2 is 2.43 bits per heavy atom. The molecule has 5 nitrogen and oxygen atoms in total. The molecule has 0 aliphatic heterocycles. The van der Waals surface area contributed by atoms with Gasteiger partial charge < -0.3 is 15.6 Å². The minimum atomic E-state index is -0.494. The van der Waals surface area contributed by atoms with E-state index in [0.717, 1.165) is 0 Å². The van der Waals surface area contributed by atoms with E-state index in [-0.39, 0.29) is 5.91 Å². The number of carbonyl (C=O) groups is 1. The van der Waals surface area contributed by atoms with Gasteiger partial charge in [-0.3, -0.25) is 4.79 Å². The first-order valence-electron chi connectivity index (χ1n) is 4.56. The van der Waals surface area contributed by atoms with Gasteiger partial charge in [-0.2, -0.15) is 0 Å². The average molecular weight is 197 g/mol. The molecule has 0 aliphatic rings.